The summed E-state index contributed by atoms with van der Waals surface area (Å²) in [4.78, 5) is 25.2. The zero-order valence-corrected chi connectivity index (χ0v) is 9.36. The van der Waals surface area contributed by atoms with Crippen molar-refractivity contribution in [3.05, 3.63) is 24.3 Å². The number of nitrogens with one attached hydrogen (secondary N) is 1. The van der Waals surface area contributed by atoms with E-state index in [1.165, 1.54) is 6.08 Å². The van der Waals surface area contributed by atoms with E-state index in [1.54, 1.807) is 24.3 Å². The maximum absolute atomic E-state index is 11.5. The second-order valence-corrected chi connectivity index (χ2v) is 3.87. The normalized spacial score (nSPS) is 9.69. The van der Waals surface area contributed by atoms with E-state index in [-0.39, 0.29) is 5.91 Å². The highest BCUT2D eigenvalue weighted by Gasteiger charge is 2.07. The highest BCUT2D eigenvalue weighted by molar-refractivity contribution is 5.93. The predicted molar refractivity (Wildman–Crippen MR) is 62.3 cm³/mol. The van der Waals surface area contributed by atoms with Crippen molar-refractivity contribution in [3.63, 3.8) is 0 Å². The number of carbonyl (C=O) groups excluding carboxylic acids is 2. The third-order valence-corrected chi connectivity index (χ3v) is 1.94. The van der Waals surface area contributed by atoms with Gasteiger partial charge < -0.3 is 5.32 Å². The highest BCUT2D eigenvalue weighted by atomic mass is 16.1. The summed E-state index contributed by atoms with van der Waals surface area (Å²) < 4.78 is 0. The van der Waals surface area contributed by atoms with Crippen LogP contribution in [0.4, 0.5) is 11.4 Å². The van der Waals surface area contributed by atoms with Crippen molar-refractivity contribution in [3.8, 4) is 0 Å². The molecule has 1 aromatic rings. The number of aliphatic imine (C=N–C) groups is 1. The standard InChI is InChI=1S/C12H14N2O2/c1-9(2)7-12(16)14-11-6-4-3-5-10(11)13-8-15/h3-6,9H,7H2,1-2H3,(H,14,16). The Labute approximate surface area is 94.4 Å². The van der Waals surface area contributed by atoms with Gasteiger partial charge in [-0.1, -0.05) is 26.0 Å². The van der Waals surface area contributed by atoms with Crippen LogP contribution in [-0.4, -0.2) is 12.0 Å². The minimum atomic E-state index is -0.0800. The molecular formula is C12H14N2O2. The molecule has 4 heteroatoms. The number of carbonyl (C=O) groups is 1. The van der Waals surface area contributed by atoms with Crippen LogP contribution in [0.5, 0.6) is 0 Å². The molecule has 0 saturated heterocycles. The Morgan fingerprint density at radius 1 is 1.44 bits per heavy atom. The Hall–Kier alpha value is -1.93. The Bertz CT molecular complexity index is 421. The lowest BCUT2D eigenvalue weighted by atomic mass is 10.1. The molecule has 4 nitrogen and oxygen atoms in total. The summed E-state index contributed by atoms with van der Waals surface area (Å²) in [5, 5.41) is 2.72. The molecule has 0 aliphatic carbocycles. The number of nitrogens with zero attached hydrogens (tertiary/aromatic N) is 1. The van der Waals surface area contributed by atoms with E-state index in [0.29, 0.717) is 23.7 Å². The Morgan fingerprint density at radius 3 is 2.75 bits per heavy atom. The summed E-state index contributed by atoms with van der Waals surface area (Å²) in [6.45, 7) is 3.93. The van der Waals surface area contributed by atoms with E-state index in [0.717, 1.165) is 0 Å². The van der Waals surface area contributed by atoms with E-state index in [1.807, 2.05) is 13.8 Å². The molecule has 16 heavy (non-hydrogen) atoms. The molecule has 0 unspecified atom stereocenters. The Kier molecular flexibility index (Phi) is 4.42. The molecule has 0 heterocycles. The number of rotatable bonds is 4. The molecule has 0 aliphatic rings. The van der Waals surface area contributed by atoms with Gasteiger partial charge in [0.05, 0.1) is 11.4 Å². The molecule has 0 saturated carbocycles. The largest absolute Gasteiger partial charge is 0.324 e. The van der Waals surface area contributed by atoms with Gasteiger partial charge in [0.2, 0.25) is 12.0 Å². The Morgan fingerprint density at radius 2 is 2.12 bits per heavy atom. The maximum atomic E-state index is 11.5. The minimum absolute atomic E-state index is 0.0800. The molecule has 0 aliphatic heterocycles. The fraction of sp³-hybridized carbons (Fsp3) is 0.333. The first-order valence-electron chi connectivity index (χ1n) is 5.10. The summed E-state index contributed by atoms with van der Waals surface area (Å²) in [6, 6.07) is 6.87. The lowest BCUT2D eigenvalue weighted by Gasteiger charge is -2.08. The van der Waals surface area contributed by atoms with Crippen LogP contribution >= 0.6 is 0 Å². The second-order valence-electron chi connectivity index (χ2n) is 3.87. The first-order valence-corrected chi connectivity index (χ1v) is 5.10. The van der Waals surface area contributed by atoms with Crippen molar-refractivity contribution < 1.29 is 9.59 Å². The molecule has 0 atom stereocenters. The minimum Gasteiger partial charge on any atom is -0.324 e. The number of benzene rings is 1. The average Bonchev–Trinajstić information content (AvgIpc) is 2.20. The fourth-order valence-electron chi connectivity index (χ4n) is 1.30. The zero-order valence-electron chi connectivity index (χ0n) is 9.36. The van der Waals surface area contributed by atoms with Crippen LogP contribution < -0.4 is 5.32 Å². The van der Waals surface area contributed by atoms with Crippen molar-refractivity contribution in [1.29, 1.82) is 0 Å². The summed E-state index contributed by atoms with van der Waals surface area (Å²) in [5.41, 5.74) is 0.964. The van der Waals surface area contributed by atoms with Gasteiger partial charge in [-0.25, -0.2) is 4.79 Å². The van der Waals surface area contributed by atoms with Gasteiger partial charge in [0.25, 0.3) is 0 Å². The molecule has 1 aromatic carbocycles. The highest BCUT2D eigenvalue weighted by Crippen LogP contribution is 2.23. The van der Waals surface area contributed by atoms with Gasteiger partial charge in [0.15, 0.2) is 0 Å². The van der Waals surface area contributed by atoms with Gasteiger partial charge in [-0.15, -0.1) is 0 Å². The second kappa shape index (κ2) is 5.83. The van der Waals surface area contributed by atoms with Gasteiger partial charge in [-0.2, -0.15) is 4.99 Å². The van der Waals surface area contributed by atoms with Crippen molar-refractivity contribution in [1.82, 2.24) is 0 Å². The van der Waals surface area contributed by atoms with Crippen LogP contribution in [0.1, 0.15) is 20.3 Å². The third kappa shape index (κ3) is 3.67. The fourth-order valence-corrected chi connectivity index (χ4v) is 1.30. The van der Waals surface area contributed by atoms with Crippen LogP contribution in [0.3, 0.4) is 0 Å². The van der Waals surface area contributed by atoms with Crippen LogP contribution in [0.2, 0.25) is 0 Å². The quantitative estimate of drug-likeness (QED) is 0.623. The monoisotopic (exact) mass is 218 g/mol. The van der Waals surface area contributed by atoms with E-state index < -0.39 is 0 Å². The first kappa shape index (κ1) is 12.1. The van der Waals surface area contributed by atoms with Gasteiger partial charge >= 0.3 is 0 Å². The number of hydrogen-bond acceptors (Lipinski definition) is 3. The smallest absolute Gasteiger partial charge is 0.240 e. The Balaban J connectivity index is 2.80. The molecule has 1 N–H and O–H groups in total. The summed E-state index contributed by atoms with van der Waals surface area (Å²) in [6.07, 6.45) is 1.91. The molecule has 0 bridgehead atoms. The molecule has 84 valence electrons. The van der Waals surface area contributed by atoms with Crippen molar-refractivity contribution in [2.45, 2.75) is 20.3 Å². The summed E-state index contributed by atoms with van der Waals surface area (Å²) in [7, 11) is 0. The summed E-state index contributed by atoms with van der Waals surface area (Å²) in [5.74, 6) is 0.213. The number of amides is 1. The van der Waals surface area contributed by atoms with Crippen LogP contribution in [0.15, 0.2) is 29.3 Å². The van der Waals surface area contributed by atoms with Crippen LogP contribution in [0, 0.1) is 5.92 Å². The van der Waals surface area contributed by atoms with Crippen LogP contribution in [-0.2, 0) is 9.59 Å². The number of anilines is 1. The van der Waals surface area contributed by atoms with Crippen molar-refractivity contribution in [2.75, 3.05) is 5.32 Å². The average molecular weight is 218 g/mol. The maximum Gasteiger partial charge on any atom is 0.240 e. The van der Waals surface area contributed by atoms with Gasteiger partial charge in [0, 0.05) is 6.42 Å². The molecule has 1 amide bonds. The van der Waals surface area contributed by atoms with Gasteiger partial charge in [-0.3, -0.25) is 4.79 Å². The first-order chi connectivity index (χ1) is 7.63. The summed E-state index contributed by atoms with van der Waals surface area (Å²) >= 11 is 0. The predicted octanol–water partition coefficient (Wildman–Crippen LogP) is 2.64. The third-order valence-electron chi connectivity index (χ3n) is 1.94. The molecule has 0 fully saturated rings. The molecule has 0 aromatic heterocycles. The number of hydrogen-bond donors (Lipinski definition) is 1. The van der Waals surface area contributed by atoms with E-state index in [2.05, 4.69) is 10.3 Å². The van der Waals surface area contributed by atoms with Gasteiger partial charge in [0.1, 0.15) is 0 Å². The number of para-hydroxylation sites is 2. The van der Waals surface area contributed by atoms with E-state index in [4.69, 9.17) is 0 Å². The lowest BCUT2D eigenvalue weighted by Crippen LogP contribution is -2.13. The van der Waals surface area contributed by atoms with Crippen molar-refractivity contribution in [2.24, 2.45) is 10.9 Å². The van der Waals surface area contributed by atoms with Crippen LogP contribution in [0.25, 0.3) is 0 Å². The van der Waals surface area contributed by atoms with Gasteiger partial charge in [-0.05, 0) is 18.1 Å². The SMILES string of the molecule is CC(C)CC(=O)Nc1ccccc1N=C=O. The van der Waals surface area contributed by atoms with Crippen molar-refractivity contribution >= 4 is 23.4 Å². The molecule has 0 radical (unpaired) electrons. The van der Waals surface area contributed by atoms with E-state index in [9.17, 15) is 9.59 Å². The van der Waals surface area contributed by atoms with E-state index >= 15 is 0 Å². The zero-order chi connectivity index (χ0) is 12.0. The number of isocyanates is 1. The topological polar surface area (TPSA) is 58.5 Å². The lowest BCUT2D eigenvalue weighted by molar-refractivity contribution is -0.116. The molecule has 1 rings (SSSR count). The molecule has 0 spiro atoms. The molecular weight excluding hydrogens is 204 g/mol.